The first-order valence-corrected chi connectivity index (χ1v) is 5.31. The average Bonchev–Trinajstić information content (AvgIpc) is 2.72. The van der Waals surface area contributed by atoms with Crippen molar-refractivity contribution in [2.24, 2.45) is 10.2 Å². The molecule has 0 aliphatic heterocycles. The molecule has 0 radical (unpaired) electrons. The summed E-state index contributed by atoms with van der Waals surface area (Å²) in [6.45, 7) is 0. The lowest BCUT2D eigenvalue weighted by Crippen LogP contribution is -1.69. The Hall–Kier alpha value is -0.660. The molecule has 0 aliphatic carbocycles. The van der Waals surface area contributed by atoms with Gasteiger partial charge in [0.1, 0.15) is 0 Å². The van der Waals surface area contributed by atoms with Crippen LogP contribution >= 0.6 is 45.2 Å². The summed E-state index contributed by atoms with van der Waals surface area (Å²) in [7, 11) is 0. The van der Waals surface area contributed by atoms with Gasteiger partial charge in [-0.05, 0) is 65.8 Å². The molecule has 0 saturated carbocycles. The molecular weight excluding hydrogens is 418 g/mol. The summed E-state index contributed by atoms with van der Waals surface area (Å²) in [6.07, 6.45) is 0. The van der Waals surface area contributed by atoms with Gasteiger partial charge in [-0.1, -0.05) is 0 Å². The van der Waals surface area contributed by atoms with E-state index in [2.05, 4.69) is 40.1 Å². The minimum absolute atomic E-state index is 0.296. The van der Waals surface area contributed by atoms with E-state index in [0.717, 1.165) is 0 Å². The van der Waals surface area contributed by atoms with Crippen LogP contribution in [-0.4, -0.2) is 20.6 Å². The molecule has 72 valence electrons. The van der Waals surface area contributed by atoms with Gasteiger partial charge in [-0.2, -0.15) is 0 Å². The first-order chi connectivity index (χ1) is 6.77. The zero-order valence-electron chi connectivity index (χ0n) is 6.26. The van der Waals surface area contributed by atoms with Gasteiger partial charge in [0.25, 0.3) is 11.6 Å². The van der Waals surface area contributed by atoms with Crippen LogP contribution < -0.4 is 0 Å². The Morgan fingerprint density at radius 2 is 1.21 bits per heavy atom. The second kappa shape index (κ2) is 4.24. The van der Waals surface area contributed by atoms with Crippen molar-refractivity contribution < 1.29 is 9.26 Å². The molecule has 8 nitrogen and oxygen atoms in total. The van der Waals surface area contributed by atoms with Crippen molar-refractivity contribution in [3.05, 3.63) is 7.40 Å². The van der Waals surface area contributed by atoms with Crippen molar-refractivity contribution >= 4 is 56.8 Å². The second-order valence-corrected chi connectivity index (χ2v) is 4.00. The standard InChI is InChI=1S/C4I2N6O2/c5-1-3(11-13-9-1)7-8-4-2(6)10-14-12-4. The molecule has 0 fully saturated rings. The number of halogens is 2. The molecule has 2 aromatic heterocycles. The van der Waals surface area contributed by atoms with Crippen molar-refractivity contribution in [2.75, 3.05) is 0 Å². The van der Waals surface area contributed by atoms with E-state index in [4.69, 9.17) is 0 Å². The predicted octanol–water partition coefficient (Wildman–Crippen LogP) is 2.08. The Kier molecular flexibility index (Phi) is 2.99. The molecule has 10 heteroatoms. The minimum Gasteiger partial charge on any atom is -0.241 e. The van der Waals surface area contributed by atoms with Crippen LogP contribution in [-0.2, 0) is 0 Å². The van der Waals surface area contributed by atoms with Crippen molar-refractivity contribution in [1.29, 1.82) is 0 Å². The highest BCUT2D eigenvalue weighted by Crippen LogP contribution is 2.21. The topological polar surface area (TPSA) is 103 Å². The van der Waals surface area contributed by atoms with Gasteiger partial charge in [-0.25, -0.2) is 9.26 Å². The minimum atomic E-state index is 0.296. The number of aromatic nitrogens is 4. The molecule has 0 N–H and O–H groups in total. The lowest BCUT2D eigenvalue weighted by molar-refractivity contribution is 0.304. The largest absolute Gasteiger partial charge is 0.251 e. The maximum Gasteiger partial charge on any atom is 0.251 e. The van der Waals surface area contributed by atoms with Crippen LogP contribution in [0.2, 0.25) is 0 Å². The van der Waals surface area contributed by atoms with E-state index >= 15 is 0 Å². The van der Waals surface area contributed by atoms with E-state index in [9.17, 15) is 0 Å². The van der Waals surface area contributed by atoms with E-state index < -0.39 is 0 Å². The molecular formula is C4I2N6O2. The van der Waals surface area contributed by atoms with Crippen LogP contribution in [0.4, 0.5) is 11.6 Å². The Morgan fingerprint density at radius 1 is 0.786 bits per heavy atom. The number of rotatable bonds is 2. The lowest BCUT2D eigenvalue weighted by atomic mass is 10.8. The van der Waals surface area contributed by atoms with Gasteiger partial charge in [-0.3, -0.25) is 0 Å². The smallest absolute Gasteiger partial charge is 0.241 e. The van der Waals surface area contributed by atoms with Gasteiger partial charge in [0.15, 0.2) is 7.40 Å². The highest BCUT2D eigenvalue weighted by molar-refractivity contribution is 14.1. The van der Waals surface area contributed by atoms with Gasteiger partial charge in [0.2, 0.25) is 0 Å². The van der Waals surface area contributed by atoms with Crippen molar-refractivity contribution in [3.63, 3.8) is 0 Å². The van der Waals surface area contributed by atoms with E-state index in [1.54, 1.807) is 0 Å². The maximum atomic E-state index is 4.42. The summed E-state index contributed by atoms with van der Waals surface area (Å²) < 4.78 is 9.90. The molecule has 0 aliphatic rings. The Bertz CT molecular complexity index is 422. The fourth-order valence-corrected chi connectivity index (χ4v) is 1.15. The van der Waals surface area contributed by atoms with Gasteiger partial charge in [0.05, 0.1) is 0 Å². The third-order valence-corrected chi connectivity index (χ3v) is 2.46. The number of hydrogen-bond donors (Lipinski definition) is 0. The van der Waals surface area contributed by atoms with E-state index in [-0.39, 0.29) is 0 Å². The van der Waals surface area contributed by atoms with Crippen LogP contribution in [0.25, 0.3) is 0 Å². The van der Waals surface area contributed by atoms with Crippen LogP contribution in [0.15, 0.2) is 19.5 Å². The Balaban J connectivity index is 2.23. The summed E-state index contributed by atoms with van der Waals surface area (Å²) in [6, 6.07) is 0. The second-order valence-electron chi connectivity index (χ2n) is 1.96. The molecule has 14 heavy (non-hydrogen) atoms. The van der Waals surface area contributed by atoms with Gasteiger partial charge in [0, 0.05) is 0 Å². The molecule has 2 aromatic rings. The summed E-state index contributed by atoms with van der Waals surface area (Å²) in [5, 5.41) is 21.6. The first kappa shape index (κ1) is 9.88. The van der Waals surface area contributed by atoms with E-state index in [0.29, 0.717) is 19.0 Å². The molecule has 2 heterocycles. The zero-order valence-corrected chi connectivity index (χ0v) is 10.6. The number of azo groups is 1. The first-order valence-electron chi connectivity index (χ1n) is 3.15. The molecule has 2 rings (SSSR count). The quantitative estimate of drug-likeness (QED) is 0.547. The molecule has 0 aromatic carbocycles. The van der Waals surface area contributed by atoms with Gasteiger partial charge in [-0.15, -0.1) is 10.2 Å². The molecule has 0 amide bonds. The SMILES string of the molecule is Ic1nonc1N=Nc1nonc1I. The van der Waals surface area contributed by atoms with E-state index in [1.807, 2.05) is 45.2 Å². The summed E-state index contributed by atoms with van der Waals surface area (Å²) in [5.41, 5.74) is 0. The normalized spacial score (nSPS) is 11.3. The summed E-state index contributed by atoms with van der Waals surface area (Å²) >= 11 is 3.85. The van der Waals surface area contributed by atoms with Crippen molar-refractivity contribution in [2.45, 2.75) is 0 Å². The van der Waals surface area contributed by atoms with E-state index in [1.165, 1.54) is 0 Å². The van der Waals surface area contributed by atoms with Crippen LogP contribution in [0.3, 0.4) is 0 Å². The average molecular weight is 418 g/mol. The monoisotopic (exact) mass is 418 g/mol. The highest BCUT2D eigenvalue weighted by Gasteiger charge is 2.07. The van der Waals surface area contributed by atoms with Gasteiger partial charge >= 0.3 is 0 Å². The molecule has 0 spiro atoms. The third-order valence-electron chi connectivity index (χ3n) is 1.11. The Labute approximate surface area is 104 Å². The molecule has 0 atom stereocenters. The van der Waals surface area contributed by atoms with Gasteiger partial charge < -0.3 is 0 Å². The van der Waals surface area contributed by atoms with Crippen LogP contribution in [0.1, 0.15) is 0 Å². The maximum absolute atomic E-state index is 4.42. The zero-order chi connectivity index (χ0) is 9.97. The number of nitrogens with zero attached hydrogens (tertiary/aromatic N) is 6. The lowest BCUT2D eigenvalue weighted by Gasteiger charge is -1.80. The highest BCUT2D eigenvalue weighted by atomic mass is 127. The number of hydrogen-bond acceptors (Lipinski definition) is 8. The fourth-order valence-electron chi connectivity index (χ4n) is 0.561. The summed E-state index contributed by atoms with van der Waals surface area (Å²) in [4.78, 5) is 0. The molecule has 0 bridgehead atoms. The summed E-state index contributed by atoms with van der Waals surface area (Å²) in [5.74, 6) is 0.591. The molecule has 0 saturated heterocycles. The van der Waals surface area contributed by atoms with Crippen molar-refractivity contribution in [1.82, 2.24) is 20.6 Å². The van der Waals surface area contributed by atoms with Crippen LogP contribution in [0, 0.1) is 7.40 Å². The third kappa shape index (κ3) is 2.05. The molecule has 0 unspecified atom stereocenters. The fraction of sp³-hybridized carbons (Fsp3) is 0. The van der Waals surface area contributed by atoms with Crippen LogP contribution in [0.5, 0.6) is 0 Å². The Morgan fingerprint density at radius 3 is 1.50 bits per heavy atom. The van der Waals surface area contributed by atoms with Crippen molar-refractivity contribution in [3.8, 4) is 0 Å². The predicted molar refractivity (Wildman–Crippen MR) is 58.2 cm³/mol.